The molecular formula is C34H46N2O8S. The molecular weight excluding hydrogens is 596 g/mol. The van der Waals surface area contributed by atoms with E-state index in [1.807, 2.05) is 37.3 Å². The maximum atomic E-state index is 14.2. The molecule has 1 aliphatic carbocycles. The third-order valence-corrected chi connectivity index (χ3v) is 11.6. The molecule has 7 atom stereocenters. The van der Waals surface area contributed by atoms with Gasteiger partial charge in [-0.05, 0) is 80.7 Å². The number of carbonyl (C=O) groups is 1. The fourth-order valence-electron chi connectivity index (χ4n) is 6.92. The van der Waals surface area contributed by atoms with Crippen LogP contribution < -0.4 is 10.1 Å². The highest BCUT2D eigenvalue weighted by Gasteiger charge is 2.44. The van der Waals surface area contributed by atoms with Gasteiger partial charge in [-0.1, -0.05) is 36.4 Å². The molecule has 2 N–H and O–H groups in total. The second-order valence-electron chi connectivity index (χ2n) is 13.0. The molecule has 2 unspecified atom stereocenters. The van der Waals surface area contributed by atoms with Crippen molar-refractivity contribution in [2.75, 3.05) is 46.0 Å². The predicted octanol–water partition coefficient (Wildman–Crippen LogP) is 3.30. The Hall–Kier alpha value is -2.54. The normalized spacial score (nSPS) is 29.7. The van der Waals surface area contributed by atoms with Crippen molar-refractivity contribution in [2.45, 2.75) is 68.8 Å². The van der Waals surface area contributed by atoms with Gasteiger partial charge < -0.3 is 29.4 Å². The number of hydrogen-bond donors (Lipinski definition) is 2. The van der Waals surface area contributed by atoms with Crippen LogP contribution in [0.25, 0.3) is 0 Å². The summed E-state index contributed by atoms with van der Waals surface area (Å²) in [7, 11) is -4.05. The van der Waals surface area contributed by atoms with Crippen molar-refractivity contribution in [1.29, 1.82) is 0 Å². The molecule has 2 saturated heterocycles. The zero-order chi connectivity index (χ0) is 31.4. The Balaban J connectivity index is 1.21. The summed E-state index contributed by atoms with van der Waals surface area (Å²) in [4.78, 5) is 13.4. The van der Waals surface area contributed by atoms with Gasteiger partial charge in [0.05, 0.1) is 38.3 Å². The summed E-state index contributed by atoms with van der Waals surface area (Å²) < 4.78 is 53.0. The number of benzene rings is 2. The van der Waals surface area contributed by atoms with Gasteiger partial charge in [0.25, 0.3) is 0 Å². The van der Waals surface area contributed by atoms with Gasteiger partial charge >= 0.3 is 5.97 Å². The van der Waals surface area contributed by atoms with Crippen molar-refractivity contribution in [3.63, 3.8) is 0 Å². The minimum Gasteiger partial charge on any atom is -0.492 e. The lowest BCUT2D eigenvalue weighted by molar-refractivity contribution is -0.153. The lowest BCUT2D eigenvalue weighted by Gasteiger charge is -2.30. The first kappa shape index (κ1) is 32.4. The molecule has 4 aliphatic rings. The maximum Gasteiger partial charge on any atom is 0.306 e. The van der Waals surface area contributed by atoms with E-state index in [2.05, 4.69) is 5.32 Å². The summed E-state index contributed by atoms with van der Waals surface area (Å²) in [6.45, 7) is 4.53. The summed E-state index contributed by atoms with van der Waals surface area (Å²) in [6.07, 6.45) is 2.38. The van der Waals surface area contributed by atoms with Crippen LogP contribution in [0.2, 0.25) is 0 Å². The molecule has 0 aromatic heterocycles. The largest absolute Gasteiger partial charge is 0.492 e. The topological polar surface area (TPSA) is 124 Å². The number of hydrogen-bond acceptors (Lipinski definition) is 9. The van der Waals surface area contributed by atoms with E-state index in [0.717, 1.165) is 36.9 Å². The number of nitrogens with one attached hydrogen (secondary N) is 1. The van der Waals surface area contributed by atoms with E-state index in [0.29, 0.717) is 43.8 Å². The fourth-order valence-corrected chi connectivity index (χ4v) is 8.49. The molecule has 6 rings (SSSR count). The second-order valence-corrected chi connectivity index (χ2v) is 14.9. The van der Waals surface area contributed by atoms with Gasteiger partial charge in [-0.15, -0.1) is 0 Å². The van der Waals surface area contributed by atoms with Gasteiger partial charge in [-0.25, -0.2) is 8.42 Å². The molecule has 1 saturated carbocycles. The Morgan fingerprint density at radius 2 is 1.96 bits per heavy atom. The summed E-state index contributed by atoms with van der Waals surface area (Å²) in [5, 5.41) is 15.2. The van der Waals surface area contributed by atoms with Crippen LogP contribution in [0.15, 0.2) is 53.4 Å². The first-order valence-corrected chi connectivity index (χ1v) is 17.8. The van der Waals surface area contributed by atoms with Crippen LogP contribution >= 0.6 is 0 Å². The highest BCUT2D eigenvalue weighted by atomic mass is 32.2. The van der Waals surface area contributed by atoms with E-state index in [1.54, 1.807) is 18.2 Å². The standard InChI is InChI=1S/C34H46N2O8S/c1-23-9-10-32-30(16-23)41-14-5-8-25-18-27(25)20-35-12-13-36(45(32,39)40)21-29(37)26(17-24-6-3-2-4-7-24)19-33(38)44-31-22-43-34-28(31)11-15-42-34/h2-4,6-7,9-10,16,25-29,31,34-35,37H,5,8,11-15,17-22H2,1H3/t25?,26-,27?,28+,29-,31+,34-/m1/s1. The number of aliphatic hydroxyl groups excluding tert-OH is 1. The van der Waals surface area contributed by atoms with Gasteiger partial charge in [-0.3, -0.25) is 4.79 Å². The molecule has 2 aromatic rings. The SMILES string of the molecule is Cc1ccc2c(c1)OCCCC1CC1CNCCN(C[C@@H](O)[C@@H](CC(=O)O[C@H]1CO[C@H]3OCC[C@H]31)Cc1ccccc1)S2(=O)=O. The van der Waals surface area contributed by atoms with Crippen molar-refractivity contribution in [1.82, 2.24) is 9.62 Å². The third-order valence-electron chi connectivity index (χ3n) is 9.68. The van der Waals surface area contributed by atoms with Crippen LogP contribution in [0, 0.1) is 30.6 Å². The van der Waals surface area contributed by atoms with Crippen molar-refractivity contribution >= 4 is 16.0 Å². The third kappa shape index (κ3) is 8.07. The number of ether oxygens (including phenoxy) is 4. The molecule has 0 radical (unpaired) electrons. The fraction of sp³-hybridized carbons (Fsp3) is 0.618. The number of aryl methyl sites for hydroxylation is 1. The minimum atomic E-state index is -4.05. The van der Waals surface area contributed by atoms with Gasteiger partial charge in [0.1, 0.15) is 16.7 Å². The van der Waals surface area contributed by atoms with E-state index >= 15 is 0 Å². The number of aliphatic hydroxyl groups is 1. The highest BCUT2D eigenvalue weighted by Crippen LogP contribution is 2.41. The number of β-amino-alcohol motifs (C(OH)–C–C–N with tert-alkyl or cyclic N) is 1. The summed E-state index contributed by atoms with van der Waals surface area (Å²) in [5.74, 6) is 0.630. The number of nitrogens with zero attached hydrogens (tertiary/aromatic N) is 1. The first-order chi connectivity index (χ1) is 21.8. The maximum absolute atomic E-state index is 14.2. The zero-order valence-corrected chi connectivity index (χ0v) is 26.8. The molecule has 3 fully saturated rings. The Kier molecular flexibility index (Phi) is 10.4. The zero-order valence-electron chi connectivity index (χ0n) is 26.0. The van der Waals surface area contributed by atoms with Gasteiger partial charge in [0, 0.05) is 25.6 Å². The summed E-state index contributed by atoms with van der Waals surface area (Å²) >= 11 is 0. The molecule has 246 valence electrons. The monoisotopic (exact) mass is 642 g/mol. The number of rotatable bonds is 8. The lowest BCUT2D eigenvalue weighted by Crippen LogP contribution is -2.44. The number of fused-ring (bicyclic) bond motifs is 3. The first-order valence-electron chi connectivity index (χ1n) is 16.4. The number of sulfonamides is 1. The van der Waals surface area contributed by atoms with E-state index in [-0.39, 0.29) is 49.3 Å². The molecule has 45 heavy (non-hydrogen) atoms. The van der Waals surface area contributed by atoms with E-state index in [4.69, 9.17) is 18.9 Å². The van der Waals surface area contributed by atoms with E-state index in [1.165, 1.54) is 10.7 Å². The lowest BCUT2D eigenvalue weighted by atomic mass is 9.90. The van der Waals surface area contributed by atoms with Crippen LogP contribution in [0.4, 0.5) is 0 Å². The van der Waals surface area contributed by atoms with Crippen molar-refractivity contribution in [3.05, 3.63) is 59.7 Å². The Labute approximate surface area is 266 Å². The van der Waals surface area contributed by atoms with Crippen LogP contribution in [0.5, 0.6) is 5.75 Å². The highest BCUT2D eigenvalue weighted by molar-refractivity contribution is 7.89. The van der Waals surface area contributed by atoms with Crippen LogP contribution in [0.1, 0.15) is 43.2 Å². The second kappa shape index (κ2) is 14.5. The van der Waals surface area contributed by atoms with E-state index < -0.39 is 28.0 Å². The van der Waals surface area contributed by atoms with Crippen LogP contribution in [-0.4, -0.2) is 88.3 Å². The van der Waals surface area contributed by atoms with Gasteiger partial charge in [0.15, 0.2) is 6.29 Å². The molecule has 10 nitrogen and oxygen atoms in total. The predicted molar refractivity (Wildman–Crippen MR) is 167 cm³/mol. The molecule has 3 heterocycles. The Morgan fingerprint density at radius 3 is 2.80 bits per heavy atom. The number of carbonyl (C=O) groups excluding carboxylic acids is 1. The summed E-state index contributed by atoms with van der Waals surface area (Å²) in [6, 6.07) is 14.8. The molecule has 11 heteroatoms. The van der Waals surface area contributed by atoms with Crippen LogP contribution in [0.3, 0.4) is 0 Å². The quantitative estimate of drug-likeness (QED) is 0.418. The van der Waals surface area contributed by atoms with Crippen molar-refractivity contribution in [2.24, 2.45) is 23.7 Å². The van der Waals surface area contributed by atoms with Crippen molar-refractivity contribution in [3.8, 4) is 5.75 Å². The van der Waals surface area contributed by atoms with Gasteiger partial charge in [0.2, 0.25) is 10.0 Å². The average Bonchev–Trinajstić information content (AvgIpc) is 3.40. The van der Waals surface area contributed by atoms with E-state index in [9.17, 15) is 18.3 Å². The number of esters is 1. The Bertz CT molecular complexity index is 1410. The Morgan fingerprint density at radius 1 is 1.11 bits per heavy atom. The molecule has 2 aromatic carbocycles. The van der Waals surface area contributed by atoms with Crippen molar-refractivity contribution < 1.29 is 37.3 Å². The molecule has 0 amide bonds. The molecule has 0 bridgehead atoms. The summed E-state index contributed by atoms with van der Waals surface area (Å²) in [5.41, 5.74) is 1.85. The molecule has 0 spiro atoms. The smallest absolute Gasteiger partial charge is 0.306 e. The minimum absolute atomic E-state index is 0.0109. The van der Waals surface area contributed by atoms with Crippen LogP contribution in [-0.2, 0) is 35.4 Å². The molecule has 3 aliphatic heterocycles. The van der Waals surface area contributed by atoms with Gasteiger partial charge in [-0.2, -0.15) is 4.31 Å². The average molecular weight is 643 g/mol.